The van der Waals surface area contributed by atoms with Gasteiger partial charge in [-0.3, -0.25) is 14.5 Å². The molecule has 2 saturated heterocycles. The molecular weight excluding hydrogens is 531 g/mol. The summed E-state index contributed by atoms with van der Waals surface area (Å²) in [6, 6.07) is -0.799. The predicted molar refractivity (Wildman–Crippen MR) is 149 cm³/mol. The molecule has 5 fully saturated rings. The Hall–Kier alpha value is -1.63. The molecule has 0 radical (unpaired) electrons. The number of hydrogen-bond donors (Lipinski definition) is 3. The molecule has 6 rings (SSSR count). The summed E-state index contributed by atoms with van der Waals surface area (Å²) in [5.74, 6) is 0.112. The molecule has 3 heterocycles. The molecule has 11 heteroatoms. The van der Waals surface area contributed by atoms with Gasteiger partial charge in [0.15, 0.2) is 5.78 Å². The Balaban J connectivity index is 1.27. The van der Waals surface area contributed by atoms with Gasteiger partial charge in [0.05, 0.1) is 62.3 Å². The number of alkyl halides is 1. The van der Waals surface area contributed by atoms with Crippen LogP contribution in [0.4, 0.5) is 4.39 Å². The van der Waals surface area contributed by atoms with Crippen LogP contribution >= 0.6 is 0 Å². The maximum absolute atomic E-state index is 16.0. The van der Waals surface area contributed by atoms with Gasteiger partial charge in [0.1, 0.15) is 6.17 Å². The quantitative estimate of drug-likeness (QED) is 0.333. The van der Waals surface area contributed by atoms with Crippen LogP contribution in [-0.4, -0.2) is 139 Å². The van der Waals surface area contributed by atoms with Gasteiger partial charge in [0, 0.05) is 51.4 Å². The summed E-state index contributed by atoms with van der Waals surface area (Å²) < 4.78 is 28.3. The van der Waals surface area contributed by atoms with E-state index >= 15 is 4.39 Å². The van der Waals surface area contributed by atoms with E-state index in [9.17, 15) is 19.8 Å². The van der Waals surface area contributed by atoms with Gasteiger partial charge in [-0.25, -0.2) is 4.39 Å². The van der Waals surface area contributed by atoms with Crippen molar-refractivity contribution in [3.05, 3.63) is 11.8 Å². The lowest BCUT2D eigenvalue weighted by Crippen LogP contribution is -2.73. The van der Waals surface area contributed by atoms with E-state index < -0.39 is 24.2 Å². The van der Waals surface area contributed by atoms with Crippen molar-refractivity contribution in [3.63, 3.8) is 0 Å². The van der Waals surface area contributed by atoms with E-state index in [-0.39, 0.29) is 55.1 Å². The Labute approximate surface area is 242 Å². The lowest BCUT2D eigenvalue weighted by molar-refractivity contribution is -0.208. The van der Waals surface area contributed by atoms with E-state index in [1.165, 1.54) is 25.7 Å². The number of hydrogen-bond acceptors (Lipinski definition) is 9. The molecule has 41 heavy (non-hydrogen) atoms. The van der Waals surface area contributed by atoms with Crippen LogP contribution in [0.1, 0.15) is 44.9 Å². The van der Waals surface area contributed by atoms with E-state index in [0.29, 0.717) is 64.3 Å². The molecule has 3 saturated carbocycles. The normalized spacial score (nSPS) is 38.7. The van der Waals surface area contributed by atoms with Crippen LogP contribution in [0.2, 0.25) is 0 Å². The van der Waals surface area contributed by atoms with Crippen LogP contribution in [0, 0.1) is 17.8 Å². The molecule has 0 aromatic carbocycles. The van der Waals surface area contributed by atoms with Gasteiger partial charge >= 0.3 is 0 Å². The SMILES string of the molecule is O=C1C(C(=O)N2CCOCC2)=CN2C3CC4CCCCC4CC3OC3C(NCCN(CCO)CCO)C(F)CC1C32. The van der Waals surface area contributed by atoms with Gasteiger partial charge in [-0.15, -0.1) is 0 Å². The second kappa shape index (κ2) is 12.9. The van der Waals surface area contributed by atoms with Gasteiger partial charge in [-0.2, -0.15) is 0 Å². The number of ether oxygens (including phenoxy) is 2. The van der Waals surface area contributed by atoms with Crippen molar-refractivity contribution in [1.82, 2.24) is 20.0 Å². The van der Waals surface area contributed by atoms with E-state index in [4.69, 9.17) is 9.47 Å². The van der Waals surface area contributed by atoms with Crippen LogP contribution in [0.15, 0.2) is 11.8 Å². The van der Waals surface area contributed by atoms with Crippen LogP contribution in [0.5, 0.6) is 0 Å². The Bertz CT molecular complexity index is 973. The zero-order valence-corrected chi connectivity index (χ0v) is 24.0. The highest BCUT2D eigenvalue weighted by Gasteiger charge is 2.59. The van der Waals surface area contributed by atoms with Gasteiger partial charge < -0.3 is 34.8 Å². The first-order chi connectivity index (χ1) is 20.0. The average molecular weight is 579 g/mol. The standard InChI is InChI=1S/C30H47FN4O6/c31-23-17-21-27-29(26(23)32-5-6-33(7-11-36)8-12-37)41-25-16-20-4-2-1-3-19(20)15-24(25)35(27)18-22(28(21)38)30(39)34-9-13-40-14-10-34/h18-21,23-27,29,32,36-37H,1-17H2. The van der Waals surface area contributed by atoms with Crippen LogP contribution in [0.3, 0.4) is 0 Å². The number of ketones is 1. The molecule has 0 aromatic rings. The third kappa shape index (κ3) is 5.82. The molecule has 3 aliphatic carbocycles. The van der Waals surface area contributed by atoms with Crippen LogP contribution in [-0.2, 0) is 19.1 Å². The summed E-state index contributed by atoms with van der Waals surface area (Å²) >= 11 is 0. The average Bonchev–Trinajstić information content (AvgIpc) is 2.99. The minimum atomic E-state index is -1.29. The van der Waals surface area contributed by atoms with Gasteiger partial charge in [0.2, 0.25) is 0 Å². The molecule has 0 spiro atoms. The van der Waals surface area contributed by atoms with Crippen molar-refractivity contribution in [1.29, 1.82) is 0 Å². The molecular formula is C30H47FN4O6. The number of aliphatic hydroxyl groups excluding tert-OH is 2. The summed E-state index contributed by atoms with van der Waals surface area (Å²) in [5, 5.41) is 22.1. The fourth-order valence-corrected chi connectivity index (χ4v) is 8.63. The second-order valence-corrected chi connectivity index (χ2v) is 12.9. The first kappa shape index (κ1) is 29.4. The number of carbonyl (C=O) groups excluding carboxylic acids is 2. The van der Waals surface area contributed by atoms with Crippen molar-refractivity contribution in [3.8, 4) is 0 Å². The number of aliphatic hydroxyl groups is 2. The van der Waals surface area contributed by atoms with Crippen molar-refractivity contribution in [2.75, 3.05) is 65.7 Å². The molecule has 0 bridgehead atoms. The highest BCUT2D eigenvalue weighted by atomic mass is 19.1. The van der Waals surface area contributed by atoms with Gasteiger partial charge in [-0.1, -0.05) is 25.7 Å². The van der Waals surface area contributed by atoms with Crippen molar-refractivity contribution in [2.45, 2.75) is 81.5 Å². The molecule has 9 atom stereocenters. The molecule has 3 aliphatic heterocycles. The van der Waals surface area contributed by atoms with E-state index in [1.807, 2.05) is 11.1 Å². The second-order valence-electron chi connectivity index (χ2n) is 12.9. The maximum atomic E-state index is 16.0. The molecule has 1 amide bonds. The van der Waals surface area contributed by atoms with Gasteiger partial charge in [-0.05, 0) is 31.1 Å². The zero-order valence-electron chi connectivity index (χ0n) is 24.0. The number of amides is 1. The number of rotatable bonds is 9. The van der Waals surface area contributed by atoms with E-state index in [1.54, 1.807) is 4.90 Å². The third-order valence-electron chi connectivity index (χ3n) is 10.7. The molecule has 10 nitrogen and oxygen atoms in total. The number of nitrogens with zero attached hydrogens (tertiary/aromatic N) is 3. The topological polar surface area (TPSA) is 115 Å². The zero-order chi connectivity index (χ0) is 28.5. The molecule has 0 aromatic heterocycles. The molecule has 230 valence electrons. The molecule has 3 N–H and O–H groups in total. The number of carbonyl (C=O) groups is 2. The van der Waals surface area contributed by atoms with Crippen LogP contribution < -0.4 is 5.32 Å². The Kier molecular flexibility index (Phi) is 9.29. The Morgan fingerprint density at radius 2 is 1.76 bits per heavy atom. The smallest absolute Gasteiger partial charge is 0.259 e. The number of morpholine rings is 2. The lowest BCUT2D eigenvalue weighted by atomic mass is 9.65. The highest BCUT2D eigenvalue weighted by molar-refractivity contribution is 6.20. The maximum Gasteiger partial charge on any atom is 0.259 e. The number of nitrogens with one attached hydrogen (secondary N) is 1. The number of Topliss-reactive ketones (excluding diaryl/α,β-unsaturated/α-hetero) is 1. The van der Waals surface area contributed by atoms with Crippen molar-refractivity contribution >= 4 is 11.7 Å². The molecule has 9 unspecified atom stereocenters. The minimum absolute atomic E-state index is 0.00913. The summed E-state index contributed by atoms with van der Waals surface area (Å²) in [5.41, 5.74) is 0.195. The van der Waals surface area contributed by atoms with Gasteiger partial charge in [0.25, 0.3) is 5.91 Å². The fraction of sp³-hybridized carbons (Fsp3) is 0.867. The summed E-state index contributed by atoms with van der Waals surface area (Å²) in [7, 11) is 0. The van der Waals surface area contributed by atoms with E-state index in [2.05, 4.69) is 10.2 Å². The highest BCUT2D eigenvalue weighted by Crippen LogP contribution is 2.50. The largest absolute Gasteiger partial charge is 0.395 e. The van der Waals surface area contributed by atoms with Crippen LogP contribution in [0.25, 0.3) is 0 Å². The number of fused-ring (bicyclic) bond motifs is 3. The monoisotopic (exact) mass is 578 g/mol. The first-order valence-corrected chi connectivity index (χ1v) is 15.9. The molecule has 6 aliphatic rings. The Morgan fingerprint density at radius 1 is 1.05 bits per heavy atom. The summed E-state index contributed by atoms with van der Waals surface area (Å²) in [4.78, 5) is 33.4. The van der Waals surface area contributed by atoms with Crippen molar-refractivity contribution in [2.24, 2.45) is 17.8 Å². The summed E-state index contributed by atoms with van der Waals surface area (Å²) in [6.07, 6.45) is 6.89. The fourth-order valence-electron chi connectivity index (χ4n) is 8.63. The Morgan fingerprint density at radius 3 is 2.46 bits per heavy atom. The lowest BCUT2D eigenvalue weighted by Gasteiger charge is -2.61. The number of halogens is 1. The predicted octanol–water partition coefficient (Wildman–Crippen LogP) is 0.321. The van der Waals surface area contributed by atoms with Crippen molar-refractivity contribution < 1.29 is 33.7 Å². The summed E-state index contributed by atoms with van der Waals surface area (Å²) in [6.45, 7) is 3.73. The minimum Gasteiger partial charge on any atom is -0.395 e. The first-order valence-electron chi connectivity index (χ1n) is 15.9. The van der Waals surface area contributed by atoms with E-state index in [0.717, 1.165) is 12.8 Å². The third-order valence-corrected chi connectivity index (χ3v) is 10.7.